The molecule has 150 valence electrons. The summed E-state index contributed by atoms with van der Waals surface area (Å²) in [6.07, 6.45) is 0. The van der Waals surface area contributed by atoms with E-state index in [1.54, 1.807) is 23.1 Å². The maximum Gasteiger partial charge on any atom is 0.233 e. The predicted molar refractivity (Wildman–Crippen MR) is 109 cm³/mol. The van der Waals surface area contributed by atoms with E-state index >= 15 is 0 Å². The molecule has 0 unspecified atom stereocenters. The number of benzene rings is 1. The number of hydrogen-bond acceptors (Lipinski definition) is 7. The zero-order chi connectivity index (χ0) is 20.1. The summed E-state index contributed by atoms with van der Waals surface area (Å²) in [5.74, 6) is 0.483. The lowest BCUT2D eigenvalue weighted by atomic mass is 10.2. The molecule has 1 fully saturated rings. The molecule has 0 spiro atoms. The molecule has 1 aromatic heterocycles. The van der Waals surface area contributed by atoms with Gasteiger partial charge in [0.1, 0.15) is 5.82 Å². The zero-order valence-corrected chi connectivity index (χ0v) is 17.2. The van der Waals surface area contributed by atoms with Crippen LogP contribution in [0.3, 0.4) is 0 Å². The van der Waals surface area contributed by atoms with E-state index in [-0.39, 0.29) is 17.4 Å². The molecule has 3 rings (SSSR count). The van der Waals surface area contributed by atoms with E-state index in [0.717, 1.165) is 11.3 Å². The van der Waals surface area contributed by atoms with E-state index < -0.39 is 10.0 Å². The molecule has 28 heavy (non-hydrogen) atoms. The summed E-state index contributed by atoms with van der Waals surface area (Å²) in [5, 5.41) is 0.468. The molecule has 2 aromatic rings. The van der Waals surface area contributed by atoms with E-state index in [2.05, 4.69) is 9.97 Å². The number of thioether (sulfide) groups is 1. The van der Waals surface area contributed by atoms with E-state index in [0.29, 0.717) is 37.2 Å². The van der Waals surface area contributed by atoms with Gasteiger partial charge in [0.25, 0.3) is 0 Å². The summed E-state index contributed by atoms with van der Waals surface area (Å²) in [6, 6.07) is 10.8. The lowest BCUT2D eigenvalue weighted by Gasteiger charge is -2.34. The molecule has 1 aromatic carbocycles. The van der Waals surface area contributed by atoms with Gasteiger partial charge in [-0.2, -0.15) is 4.31 Å². The first-order chi connectivity index (χ1) is 13.3. The Labute approximate surface area is 169 Å². The van der Waals surface area contributed by atoms with E-state index in [4.69, 9.17) is 5.73 Å². The third kappa shape index (κ3) is 5.43. The van der Waals surface area contributed by atoms with Gasteiger partial charge in [0.15, 0.2) is 5.16 Å². The maximum absolute atomic E-state index is 12.6. The second-order valence-corrected chi connectivity index (χ2v) is 9.44. The fraction of sp³-hybridized carbons (Fsp3) is 0.389. The molecular formula is C18H23N5O3S2. The van der Waals surface area contributed by atoms with Gasteiger partial charge in [-0.15, -0.1) is 0 Å². The number of nitrogen functional groups attached to an aromatic ring is 1. The van der Waals surface area contributed by atoms with Crippen molar-refractivity contribution in [1.29, 1.82) is 0 Å². The lowest BCUT2D eigenvalue weighted by Crippen LogP contribution is -2.51. The van der Waals surface area contributed by atoms with Gasteiger partial charge in [0, 0.05) is 37.9 Å². The van der Waals surface area contributed by atoms with E-state index in [1.807, 2.05) is 25.1 Å². The van der Waals surface area contributed by atoms with Crippen LogP contribution in [0.5, 0.6) is 0 Å². The van der Waals surface area contributed by atoms with Gasteiger partial charge < -0.3 is 10.6 Å². The third-order valence-corrected chi connectivity index (χ3v) is 7.04. The Balaban J connectivity index is 1.51. The number of amides is 1. The van der Waals surface area contributed by atoms with Gasteiger partial charge in [-0.3, -0.25) is 4.79 Å². The minimum Gasteiger partial charge on any atom is -0.384 e. The van der Waals surface area contributed by atoms with Crippen molar-refractivity contribution in [2.24, 2.45) is 0 Å². The molecule has 2 heterocycles. The summed E-state index contributed by atoms with van der Waals surface area (Å²) in [7, 11) is -3.39. The molecule has 8 nitrogen and oxygen atoms in total. The Morgan fingerprint density at radius 2 is 1.82 bits per heavy atom. The number of aryl methyl sites for hydroxylation is 1. The Morgan fingerprint density at radius 1 is 1.14 bits per heavy atom. The number of rotatable bonds is 6. The number of aromatic nitrogens is 2. The fourth-order valence-corrected chi connectivity index (χ4v) is 5.27. The molecule has 1 saturated heterocycles. The Kier molecular flexibility index (Phi) is 6.53. The molecule has 1 aliphatic heterocycles. The van der Waals surface area contributed by atoms with Crippen molar-refractivity contribution in [3.05, 3.63) is 47.7 Å². The van der Waals surface area contributed by atoms with E-state index in [9.17, 15) is 13.2 Å². The Morgan fingerprint density at radius 3 is 2.46 bits per heavy atom. The Hall–Kier alpha value is -2.17. The van der Waals surface area contributed by atoms with Crippen molar-refractivity contribution in [2.75, 3.05) is 37.7 Å². The highest BCUT2D eigenvalue weighted by Gasteiger charge is 2.29. The zero-order valence-electron chi connectivity index (χ0n) is 15.6. The van der Waals surface area contributed by atoms with Crippen molar-refractivity contribution in [3.8, 4) is 0 Å². The number of anilines is 1. The quantitative estimate of drug-likeness (QED) is 0.550. The highest BCUT2D eigenvalue weighted by molar-refractivity contribution is 7.99. The van der Waals surface area contributed by atoms with Crippen molar-refractivity contribution >= 4 is 33.5 Å². The van der Waals surface area contributed by atoms with Gasteiger partial charge >= 0.3 is 0 Å². The van der Waals surface area contributed by atoms with Crippen LogP contribution in [0.4, 0.5) is 5.82 Å². The number of hydrogen-bond donors (Lipinski definition) is 1. The topological polar surface area (TPSA) is 109 Å². The van der Waals surface area contributed by atoms with Crippen molar-refractivity contribution in [2.45, 2.75) is 17.8 Å². The summed E-state index contributed by atoms with van der Waals surface area (Å²) in [4.78, 5) is 22.5. The summed E-state index contributed by atoms with van der Waals surface area (Å²) < 4.78 is 26.7. The summed E-state index contributed by atoms with van der Waals surface area (Å²) in [6.45, 7) is 3.19. The van der Waals surface area contributed by atoms with Crippen LogP contribution in [0.1, 0.15) is 11.3 Å². The normalized spacial score (nSPS) is 15.5. The van der Waals surface area contributed by atoms with Crippen LogP contribution >= 0.6 is 11.8 Å². The molecular weight excluding hydrogens is 398 g/mol. The van der Waals surface area contributed by atoms with Gasteiger partial charge in [-0.05, 0) is 12.5 Å². The number of carbonyl (C=O) groups is 1. The van der Waals surface area contributed by atoms with Crippen LogP contribution in [-0.2, 0) is 20.6 Å². The maximum atomic E-state index is 12.6. The second kappa shape index (κ2) is 8.89. The number of nitrogens with zero attached hydrogens (tertiary/aromatic N) is 4. The van der Waals surface area contributed by atoms with Crippen molar-refractivity contribution < 1.29 is 13.2 Å². The predicted octanol–water partition coefficient (Wildman–Crippen LogP) is 1.13. The first-order valence-corrected chi connectivity index (χ1v) is 11.5. The van der Waals surface area contributed by atoms with Gasteiger partial charge in [0.2, 0.25) is 15.9 Å². The molecule has 0 aliphatic carbocycles. The van der Waals surface area contributed by atoms with Gasteiger partial charge in [-0.25, -0.2) is 18.4 Å². The average molecular weight is 422 g/mol. The molecule has 10 heteroatoms. The van der Waals surface area contributed by atoms with Crippen LogP contribution < -0.4 is 5.73 Å². The largest absolute Gasteiger partial charge is 0.384 e. The lowest BCUT2D eigenvalue weighted by molar-refractivity contribution is -0.129. The van der Waals surface area contributed by atoms with Crippen LogP contribution in [0.15, 0.2) is 41.6 Å². The highest BCUT2D eigenvalue weighted by atomic mass is 32.2. The van der Waals surface area contributed by atoms with Crippen LogP contribution in [0.25, 0.3) is 0 Å². The highest BCUT2D eigenvalue weighted by Crippen LogP contribution is 2.18. The van der Waals surface area contributed by atoms with E-state index in [1.165, 1.54) is 16.1 Å². The number of carbonyl (C=O) groups excluding carboxylic acids is 1. The molecule has 1 aliphatic rings. The SMILES string of the molecule is Cc1cc(N)nc(SCC(=O)N2CCN(S(=O)(=O)Cc3ccccc3)CC2)n1. The molecule has 0 radical (unpaired) electrons. The molecule has 1 amide bonds. The third-order valence-electron chi connectivity index (χ3n) is 4.35. The smallest absolute Gasteiger partial charge is 0.233 e. The standard InChI is InChI=1S/C18H23N5O3S2/c1-14-11-16(19)21-18(20-14)27-12-17(24)22-7-9-23(10-8-22)28(25,26)13-15-5-3-2-4-6-15/h2-6,11H,7-10,12-13H2,1H3,(H2,19,20,21). The molecule has 2 N–H and O–H groups in total. The minimum absolute atomic E-state index is 0.0241. The number of piperazine rings is 1. The summed E-state index contributed by atoms with van der Waals surface area (Å²) in [5.41, 5.74) is 7.21. The summed E-state index contributed by atoms with van der Waals surface area (Å²) >= 11 is 1.23. The molecule has 0 saturated carbocycles. The monoisotopic (exact) mass is 421 g/mol. The Bertz CT molecular complexity index is 909. The molecule has 0 bridgehead atoms. The number of sulfonamides is 1. The first kappa shape index (κ1) is 20.6. The van der Waals surface area contributed by atoms with Crippen LogP contribution in [-0.4, -0.2) is 65.4 Å². The van der Waals surface area contributed by atoms with Gasteiger partial charge in [0.05, 0.1) is 11.5 Å². The first-order valence-electron chi connectivity index (χ1n) is 8.87. The second-order valence-electron chi connectivity index (χ2n) is 6.53. The number of nitrogens with two attached hydrogens (primary N) is 1. The van der Waals surface area contributed by atoms with Crippen molar-refractivity contribution in [1.82, 2.24) is 19.2 Å². The van der Waals surface area contributed by atoms with Gasteiger partial charge in [-0.1, -0.05) is 42.1 Å². The van der Waals surface area contributed by atoms with Crippen LogP contribution in [0, 0.1) is 6.92 Å². The average Bonchev–Trinajstić information content (AvgIpc) is 2.66. The van der Waals surface area contributed by atoms with Crippen LogP contribution in [0.2, 0.25) is 0 Å². The fourth-order valence-electron chi connectivity index (χ4n) is 2.94. The minimum atomic E-state index is -3.39. The molecule has 0 atom stereocenters. The van der Waals surface area contributed by atoms with Crippen molar-refractivity contribution in [3.63, 3.8) is 0 Å².